The summed E-state index contributed by atoms with van der Waals surface area (Å²) >= 11 is 0. The van der Waals surface area contributed by atoms with E-state index in [0.717, 1.165) is 22.3 Å². The third-order valence-corrected chi connectivity index (χ3v) is 7.02. The van der Waals surface area contributed by atoms with Crippen molar-refractivity contribution in [1.82, 2.24) is 9.21 Å². The van der Waals surface area contributed by atoms with Crippen LogP contribution in [0.25, 0.3) is 6.08 Å². The number of hydrogen-bond donors (Lipinski definition) is 0. The van der Waals surface area contributed by atoms with Gasteiger partial charge in [0.1, 0.15) is 0 Å². The fraction of sp³-hybridized carbons (Fsp3) is 0.318. The van der Waals surface area contributed by atoms with Gasteiger partial charge in [0.15, 0.2) is 0 Å². The Balaban J connectivity index is 1.63. The maximum Gasteiger partial charge on any atom is 0.246 e. The standard InChI is InChI=1S/C22H26N2O3S/c1-17-5-4-6-20(15-17)8-10-22(25)23-11-13-24(14-12-23)28(26,27)21-9-7-18(2)19(3)16-21/h4-10,15-16H,11-14H2,1-3H3/b10-8+. The van der Waals surface area contributed by atoms with E-state index in [-0.39, 0.29) is 5.91 Å². The Morgan fingerprint density at radius 3 is 2.29 bits per heavy atom. The Labute approximate surface area is 167 Å². The molecule has 2 aromatic rings. The molecule has 1 amide bonds. The lowest BCUT2D eigenvalue weighted by Crippen LogP contribution is -2.50. The highest BCUT2D eigenvalue weighted by Gasteiger charge is 2.29. The monoisotopic (exact) mass is 398 g/mol. The van der Waals surface area contributed by atoms with Crippen molar-refractivity contribution in [2.24, 2.45) is 0 Å². The summed E-state index contributed by atoms with van der Waals surface area (Å²) in [5, 5.41) is 0. The number of carbonyl (C=O) groups is 1. The van der Waals surface area contributed by atoms with Gasteiger partial charge in [-0.3, -0.25) is 4.79 Å². The number of benzene rings is 2. The Kier molecular flexibility index (Phi) is 6.01. The summed E-state index contributed by atoms with van der Waals surface area (Å²) in [6, 6.07) is 13.1. The average Bonchev–Trinajstić information content (AvgIpc) is 2.68. The maximum absolute atomic E-state index is 12.9. The van der Waals surface area contributed by atoms with E-state index < -0.39 is 10.0 Å². The smallest absolute Gasteiger partial charge is 0.246 e. The second-order valence-corrected chi connectivity index (χ2v) is 9.16. The van der Waals surface area contributed by atoms with Crippen molar-refractivity contribution >= 4 is 22.0 Å². The van der Waals surface area contributed by atoms with E-state index in [1.54, 1.807) is 29.2 Å². The first-order chi connectivity index (χ1) is 13.3. The molecule has 3 rings (SSSR count). The van der Waals surface area contributed by atoms with Crippen molar-refractivity contribution in [1.29, 1.82) is 0 Å². The van der Waals surface area contributed by atoms with Crippen LogP contribution in [-0.2, 0) is 14.8 Å². The summed E-state index contributed by atoms with van der Waals surface area (Å²) in [5.74, 6) is -0.0928. The zero-order chi connectivity index (χ0) is 20.3. The molecular weight excluding hydrogens is 372 g/mol. The predicted octanol–water partition coefficient (Wildman–Crippen LogP) is 3.16. The molecule has 6 heteroatoms. The Hall–Kier alpha value is -2.44. The highest BCUT2D eigenvalue weighted by atomic mass is 32.2. The first-order valence-corrected chi connectivity index (χ1v) is 10.8. The third-order valence-electron chi connectivity index (χ3n) is 5.13. The van der Waals surface area contributed by atoms with Crippen LogP contribution in [0.3, 0.4) is 0 Å². The van der Waals surface area contributed by atoms with Crippen LogP contribution in [0.2, 0.25) is 0 Å². The fourth-order valence-electron chi connectivity index (χ4n) is 3.22. The van der Waals surface area contributed by atoms with Gasteiger partial charge in [0.2, 0.25) is 15.9 Å². The predicted molar refractivity (Wildman–Crippen MR) is 111 cm³/mol. The van der Waals surface area contributed by atoms with Crippen LogP contribution >= 0.6 is 0 Å². The van der Waals surface area contributed by atoms with Gasteiger partial charge in [-0.1, -0.05) is 35.9 Å². The molecule has 1 aliphatic rings. The van der Waals surface area contributed by atoms with Gasteiger partial charge in [0.05, 0.1) is 4.90 Å². The van der Waals surface area contributed by atoms with E-state index in [1.807, 2.05) is 51.1 Å². The molecule has 0 unspecified atom stereocenters. The molecule has 1 aliphatic heterocycles. The summed E-state index contributed by atoms with van der Waals surface area (Å²) in [6.45, 7) is 7.26. The Bertz CT molecular complexity index is 1000. The molecule has 1 fully saturated rings. The van der Waals surface area contributed by atoms with Crippen molar-refractivity contribution in [2.45, 2.75) is 25.7 Å². The van der Waals surface area contributed by atoms with Crippen LogP contribution in [0.4, 0.5) is 0 Å². The number of rotatable bonds is 4. The number of sulfonamides is 1. The van der Waals surface area contributed by atoms with E-state index in [1.165, 1.54) is 4.31 Å². The normalized spacial score (nSPS) is 15.9. The zero-order valence-corrected chi connectivity index (χ0v) is 17.4. The van der Waals surface area contributed by atoms with Gasteiger partial charge < -0.3 is 4.90 Å². The van der Waals surface area contributed by atoms with Gasteiger partial charge in [-0.15, -0.1) is 0 Å². The molecule has 5 nitrogen and oxygen atoms in total. The average molecular weight is 399 g/mol. The van der Waals surface area contributed by atoms with E-state index in [4.69, 9.17) is 0 Å². The van der Waals surface area contributed by atoms with E-state index in [2.05, 4.69) is 0 Å². The van der Waals surface area contributed by atoms with Crippen LogP contribution in [0.1, 0.15) is 22.3 Å². The number of amides is 1. The SMILES string of the molecule is Cc1cccc(/C=C/C(=O)N2CCN(S(=O)(=O)c3ccc(C)c(C)c3)CC2)c1. The van der Waals surface area contributed by atoms with Crippen LogP contribution in [0.5, 0.6) is 0 Å². The molecule has 0 radical (unpaired) electrons. The molecule has 0 bridgehead atoms. The molecule has 148 valence electrons. The lowest BCUT2D eigenvalue weighted by Gasteiger charge is -2.33. The van der Waals surface area contributed by atoms with Crippen LogP contribution < -0.4 is 0 Å². The largest absolute Gasteiger partial charge is 0.337 e. The van der Waals surface area contributed by atoms with Crippen LogP contribution in [0, 0.1) is 20.8 Å². The van der Waals surface area contributed by atoms with Crippen molar-refractivity contribution in [3.8, 4) is 0 Å². The highest BCUT2D eigenvalue weighted by Crippen LogP contribution is 2.20. The summed E-state index contributed by atoms with van der Waals surface area (Å²) in [5.41, 5.74) is 4.13. The van der Waals surface area contributed by atoms with Gasteiger partial charge in [0, 0.05) is 32.3 Å². The van der Waals surface area contributed by atoms with Gasteiger partial charge in [0.25, 0.3) is 0 Å². The summed E-state index contributed by atoms with van der Waals surface area (Å²) in [6.07, 6.45) is 3.36. The molecular formula is C22H26N2O3S. The van der Waals surface area contributed by atoms with Crippen molar-refractivity contribution in [3.05, 3.63) is 70.8 Å². The lowest BCUT2D eigenvalue weighted by atomic mass is 10.1. The topological polar surface area (TPSA) is 57.7 Å². The highest BCUT2D eigenvalue weighted by molar-refractivity contribution is 7.89. The van der Waals surface area contributed by atoms with Gasteiger partial charge in [-0.05, 0) is 55.7 Å². The first kappa shape index (κ1) is 20.3. The molecule has 0 aromatic heterocycles. The number of hydrogen-bond acceptors (Lipinski definition) is 3. The number of nitrogens with zero attached hydrogens (tertiary/aromatic N) is 2. The molecule has 1 saturated heterocycles. The number of carbonyl (C=O) groups excluding carboxylic acids is 1. The zero-order valence-electron chi connectivity index (χ0n) is 16.6. The van der Waals surface area contributed by atoms with Crippen molar-refractivity contribution in [2.75, 3.05) is 26.2 Å². The van der Waals surface area contributed by atoms with Gasteiger partial charge in [-0.2, -0.15) is 4.31 Å². The number of piperazine rings is 1. The summed E-state index contributed by atoms with van der Waals surface area (Å²) in [4.78, 5) is 14.4. The summed E-state index contributed by atoms with van der Waals surface area (Å²) in [7, 11) is -3.53. The minimum atomic E-state index is -3.53. The van der Waals surface area contributed by atoms with E-state index in [9.17, 15) is 13.2 Å². The maximum atomic E-state index is 12.9. The second-order valence-electron chi connectivity index (χ2n) is 7.22. The van der Waals surface area contributed by atoms with Crippen molar-refractivity contribution < 1.29 is 13.2 Å². The van der Waals surface area contributed by atoms with Crippen LogP contribution in [-0.4, -0.2) is 49.7 Å². The minimum Gasteiger partial charge on any atom is -0.337 e. The van der Waals surface area contributed by atoms with Crippen molar-refractivity contribution in [3.63, 3.8) is 0 Å². The third kappa shape index (κ3) is 4.51. The molecule has 0 N–H and O–H groups in total. The van der Waals surface area contributed by atoms with E-state index >= 15 is 0 Å². The molecule has 0 saturated carbocycles. The van der Waals surface area contributed by atoms with Gasteiger partial charge >= 0.3 is 0 Å². The van der Waals surface area contributed by atoms with Crippen LogP contribution in [0.15, 0.2) is 53.4 Å². The second kappa shape index (κ2) is 8.29. The number of aryl methyl sites for hydroxylation is 3. The quantitative estimate of drug-likeness (QED) is 0.744. The van der Waals surface area contributed by atoms with E-state index in [0.29, 0.717) is 31.1 Å². The molecule has 28 heavy (non-hydrogen) atoms. The molecule has 0 atom stereocenters. The Morgan fingerprint density at radius 1 is 0.929 bits per heavy atom. The molecule has 2 aromatic carbocycles. The van der Waals surface area contributed by atoms with Gasteiger partial charge in [-0.25, -0.2) is 8.42 Å². The minimum absolute atomic E-state index is 0.0928. The lowest BCUT2D eigenvalue weighted by molar-refractivity contribution is -0.127. The molecule has 1 heterocycles. The fourth-order valence-corrected chi connectivity index (χ4v) is 4.73. The first-order valence-electron chi connectivity index (χ1n) is 9.38. The molecule has 0 spiro atoms. The molecule has 0 aliphatic carbocycles. The summed E-state index contributed by atoms with van der Waals surface area (Å²) < 4.78 is 27.2. The Morgan fingerprint density at radius 2 is 1.64 bits per heavy atom.